The van der Waals surface area contributed by atoms with E-state index in [4.69, 9.17) is 4.74 Å². The van der Waals surface area contributed by atoms with Crippen LogP contribution in [0.4, 0.5) is 5.69 Å². The van der Waals surface area contributed by atoms with Gasteiger partial charge in [0.25, 0.3) is 0 Å². The van der Waals surface area contributed by atoms with E-state index in [1.54, 1.807) is 0 Å². The van der Waals surface area contributed by atoms with Crippen molar-refractivity contribution in [2.24, 2.45) is 0 Å². The average molecular weight is 401 g/mol. The summed E-state index contributed by atoms with van der Waals surface area (Å²) in [5.41, 5.74) is 7.18. The largest absolute Gasteiger partial charge is 0.388 e. The van der Waals surface area contributed by atoms with Crippen molar-refractivity contribution >= 4 is 13.8 Å². The van der Waals surface area contributed by atoms with Gasteiger partial charge in [-0.2, -0.15) is 0 Å². The molecule has 28 heavy (non-hydrogen) atoms. The smallest absolute Gasteiger partial charge is 0.188 e. The molecule has 1 atom stereocenters. The first kappa shape index (κ1) is 19.6. The predicted molar refractivity (Wildman–Crippen MR) is 113 cm³/mol. The summed E-state index contributed by atoms with van der Waals surface area (Å²) in [4.78, 5) is 3.12. The molecule has 2 aromatic rings. The van der Waals surface area contributed by atoms with E-state index < -0.39 is 8.07 Å². The van der Waals surface area contributed by atoms with Gasteiger partial charge in [0, 0.05) is 20.4 Å². The van der Waals surface area contributed by atoms with Crippen LogP contribution in [0.25, 0.3) is 0 Å². The summed E-state index contributed by atoms with van der Waals surface area (Å²) in [6.45, 7) is 7.61. The van der Waals surface area contributed by atoms with Gasteiger partial charge in [-0.25, -0.2) is 0 Å². The molecular weight excluding hydrogens is 368 g/mol. The molecule has 7 heteroatoms. The monoisotopic (exact) mass is 400 g/mol. The van der Waals surface area contributed by atoms with Crippen molar-refractivity contribution in [1.29, 1.82) is 0 Å². The van der Waals surface area contributed by atoms with Gasteiger partial charge in [-0.15, -0.1) is 10.2 Å². The third-order valence-electron chi connectivity index (χ3n) is 5.83. The number of hydrogen-bond acceptors (Lipinski definition) is 5. The summed E-state index contributed by atoms with van der Waals surface area (Å²) in [5.74, 6) is 1.11. The maximum Gasteiger partial charge on any atom is 0.188 e. The normalized spacial score (nSPS) is 16.9. The standard InChI is InChI=1S/C21H32N4O2Si/c1-28(2,3)11-10-27-21(20-22-18(13-26)24-25-20)23-19-16-8-4-6-14(16)12-15-7-5-9-17(15)19/h12,21,23,26H,4-11,13H2,1-3H3,(H,22,24,25). The molecule has 6 nitrogen and oxygen atoms in total. The average Bonchev–Trinajstić information content (AvgIpc) is 3.38. The van der Waals surface area contributed by atoms with Gasteiger partial charge in [0.05, 0.1) is 0 Å². The highest BCUT2D eigenvalue weighted by molar-refractivity contribution is 6.76. The minimum atomic E-state index is -1.19. The molecule has 1 aromatic heterocycles. The van der Waals surface area contributed by atoms with E-state index in [9.17, 15) is 5.11 Å². The van der Waals surface area contributed by atoms with Crippen molar-refractivity contribution < 1.29 is 9.84 Å². The van der Waals surface area contributed by atoms with Crippen LogP contribution < -0.4 is 5.32 Å². The molecule has 0 bridgehead atoms. The second kappa shape index (κ2) is 7.97. The summed E-state index contributed by atoms with van der Waals surface area (Å²) in [6, 6.07) is 3.53. The van der Waals surface area contributed by atoms with Crippen LogP contribution in [0.3, 0.4) is 0 Å². The fourth-order valence-corrected chi connectivity index (χ4v) is 5.02. The fraction of sp³-hybridized carbons (Fsp3) is 0.619. The molecule has 4 rings (SSSR count). The van der Waals surface area contributed by atoms with E-state index in [1.807, 2.05) is 0 Å². The van der Waals surface area contributed by atoms with Crippen LogP contribution in [0.15, 0.2) is 6.07 Å². The fourth-order valence-electron chi connectivity index (χ4n) is 4.29. The molecule has 1 unspecified atom stereocenters. The molecule has 0 saturated heterocycles. The molecule has 2 aliphatic carbocycles. The van der Waals surface area contributed by atoms with Crippen molar-refractivity contribution in [2.45, 2.75) is 77.0 Å². The Morgan fingerprint density at radius 3 is 2.36 bits per heavy atom. The Kier molecular flexibility index (Phi) is 5.58. The summed E-state index contributed by atoms with van der Waals surface area (Å²) >= 11 is 0. The lowest BCUT2D eigenvalue weighted by atomic mass is 9.98. The van der Waals surface area contributed by atoms with Crippen molar-refractivity contribution in [3.05, 3.63) is 40.0 Å². The number of nitrogens with zero attached hydrogens (tertiary/aromatic N) is 2. The van der Waals surface area contributed by atoms with Gasteiger partial charge in [-0.3, -0.25) is 0 Å². The number of aliphatic hydroxyl groups excluding tert-OH is 1. The quantitative estimate of drug-likeness (QED) is 0.464. The molecule has 0 radical (unpaired) electrons. The number of aromatic amines is 1. The molecule has 0 spiro atoms. The van der Waals surface area contributed by atoms with Crippen molar-refractivity contribution in [1.82, 2.24) is 15.2 Å². The van der Waals surface area contributed by atoms with Gasteiger partial charge in [0.15, 0.2) is 17.9 Å². The lowest BCUT2D eigenvalue weighted by Crippen LogP contribution is -2.25. The minimum absolute atomic E-state index is 0.148. The number of H-pyrrole nitrogens is 1. The van der Waals surface area contributed by atoms with Gasteiger partial charge < -0.3 is 20.1 Å². The Balaban J connectivity index is 1.62. The van der Waals surface area contributed by atoms with E-state index >= 15 is 0 Å². The molecule has 1 aromatic carbocycles. The summed E-state index contributed by atoms with van der Waals surface area (Å²) in [5, 5.41) is 21.3. The Bertz CT molecular complexity index is 811. The second-order valence-corrected chi connectivity index (χ2v) is 14.9. The summed E-state index contributed by atoms with van der Waals surface area (Å²) in [7, 11) is -1.19. The highest BCUT2D eigenvalue weighted by Gasteiger charge is 2.27. The Hall–Kier alpha value is -1.70. The number of aryl methyl sites for hydroxylation is 2. The van der Waals surface area contributed by atoms with Crippen molar-refractivity contribution in [2.75, 3.05) is 11.9 Å². The number of nitrogens with one attached hydrogen (secondary N) is 2. The van der Waals surface area contributed by atoms with Crippen LogP contribution >= 0.6 is 0 Å². The van der Waals surface area contributed by atoms with E-state index in [0.717, 1.165) is 18.9 Å². The summed E-state index contributed by atoms with van der Waals surface area (Å²) < 4.78 is 6.29. The molecule has 0 saturated carbocycles. The first-order valence-corrected chi connectivity index (χ1v) is 14.2. The second-order valence-electron chi connectivity index (χ2n) is 9.25. The maximum absolute atomic E-state index is 9.37. The number of benzene rings is 1. The Labute approximate surface area is 168 Å². The lowest BCUT2D eigenvalue weighted by molar-refractivity contribution is 0.0760. The molecule has 0 amide bonds. The molecule has 0 aliphatic heterocycles. The number of fused-ring (bicyclic) bond motifs is 2. The molecule has 3 N–H and O–H groups in total. The van der Waals surface area contributed by atoms with Gasteiger partial charge in [-0.05, 0) is 66.8 Å². The van der Waals surface area contributed by atoms with Gasteiger partial charge >= 0.3 is 0 Å². The molecule has 0 fully saturated rings. The van der Waals surface area contributed by atoms with Crippen LogP contribution in [-0.2, 0) is 37.0 Å². The van der Waals surface area contributed by atoms with Crippen LogP contribution in [0, 0.1) is 0 Å². The molecule has 2 aliphatic rings. The van der Waals surface area contributed by atoms with Gasteiger partial charge in [-0.1, -0.05) is 25.7 Å². The highest BCUT2D eigenvalue weighted by Crippen LogP contribution is 2.40. The van der Waals surface area contributed by atoms with Crippen molar-refractivity contribution in [3.8, 4) is 0 Å². The van der Waals surface area contributed by atoms with Gasteiger partial charge in [0.1, 0.15) is 6.61 Å². The minimum Gasteiger partial charge on any atom is -0.388 e. The maximum atomic E-state index is 9.37. The molecule has 1 heterocycles. The van der Waals surface area contributed by atoms with Gasteiger partial charge in [0.2, 0.25) is 0 Å². The van der Waals surface area contributed by atoms with Crippen LogP contribution in [0.2, 0.25) is 25.7 Å². The number of ether oxygens (including phenoxy) is 1. The molecule has 152 valence electrons. The lowest BCUT2D eigenvalue weighted by Gasteiger charge is -2.24. The van der Waals surface area contributed by atoms with Crippen LogP contribution in [0.5, 0.6) is 0 Å². The van der Waals surface area contributed by atoms with E-state index in [0.29, 0.717) is 18.3 Å². The van der Waals surface area contributed by atoms with Crippen LogP contribution in [-0.4, -0.2) is 35.0 Å². The third-order valence-corrected chi connectivity index (χ3v) is 7.54. The first-order valence-electron chi connectivity index (χ1n) is 10.5. The van der Waals surface area contributed by atoms with E-state index in [-0.39, 0.29) is 12.8 Å². The first-order chi connectivity index (χ1) is 13.4. The zero-order valence-electron chi connectivity index (χ0n) is 17.3. The number of anilines is 1. The van der Waals surface area contributed by atoms with E-state index in [1.165, 1.54) is 53.6 Å². The zero-order chi connectivity index (χ0) is 19.7. The van der Waals surface area contributed by atoms with E-state index in [2.05, 4.69) is 46.2 Å². The topological polar surface area (TPSA) is 83.1 Å². The number of hydrogen-bond donors (Lipinski definition) is 3. The van der Waals surface area contributed by atoms with Crippen molar-refractivity contribution in [3.63, 3.8) is 0 Å². The summed E-state index contributed by atoms with van der Waals surface area (Å²) in [6.07, 6.45) is 6.69. The third kappa shape index (κ3) is 4.16. The number of rotatable bonds is 8. The predicted octanol–water partition coefficient (Wildman–Crippen LogP) is 3.74. The highest BCUT2D eigenvalue weighted by atomic mass is 28.3. The number of aliphatic hydroxyl groups is 1. The Morgan fingerprint density at radius 2 is 1.79 bits per heavy atom. The Morgan fingerprint density at radius 1 is 1.11 bits per heavy atom. The zero-order valence-corrected chi connectivity index (χ0v) is 18.3. The SMILES string of the molecule is C[Si](C)(C)CCOC(Nc1c2c(cc3c1CCC3)CCC2)c1nnc(CO)[nH]1. The van der Waals surface area contributed by atoms with Crippen LogP contribution in [0.1, 0.15) is 53.0 Å². The molecular formula is C21H32N4O2Si. The number of aromatic nitrogens is 3.